The quantitative estimate of drug-likeness (QED) is 0.499. The van der Waals surface area contributed by atoms with Crippen LogP contribution in [0.1, 0.15) is 35.1 Å². The Morgan fingerprint density at radius 1 is 0.943 bits per heavy atom. The number of carbonyl (C=O) groups excluding carboxylic acids is 1. The van der Waals surface area contributed by atoms with Gasteiger partial charge in [-0.1, -0.05) is 54.6 Å². The SMILES string of the molecule is Cc1ccc(S(=O)(=O)N2CCC(C(=O)NCc3ccccc3OCc3ccccc3)CC2)cc1C. The van der Waals surface area contributed by atoms with E-state index in [0.29, 0.717) is 44.0 Å². The van der Waals surface area contributed by atoms with Crippen molar-refractivity contribution in [3.63, 3.8) is 0 Å². The molecular formula is C28H32N2O4S. The molecule has 4 rings (SSSR count). The lowest BCUT2D eigenvalue weighted by Crippen LogP contribution is -2.42. The molecule has 6 nitrogen and oxygen atoms in total. The highest BCUT2D eigenvalue weighted by molar-refractivity contribution is 7.89. The topological polar surface area (TPSA) is 75.7 Å². The minimum absolute atomic E-state index is 0.0499. The maximum absolute atomic E-state index is 13.1. The van der Waals surface area contributed by atoms with Crippen LogP contribution in [0.3, 0.4) is 0 Å². The van der Waals surface area contributed by atoms with E-state index in [1.54, 1.807) is 12.1 Å². The third-order valence-corrected chi connectivity index (χ3v) is 8.50. The molecular weight excluding hydrogens is 460 g/mol. The van der Waals surface area contributed by atoms with E-state index in [-0.39, 0.29) is 11.8 Å². The van der Waals surface area contributed by atoms with E-state index in [4.69, 9.17) is 4.74 Å². The molecule has 0 spiro atoms. The first-order valence-corrected chi connectivity index (χ1v) is 13.4. The van der Waals surface area contributed by atoms with Crippen molar-refractivity contribution in [3.8, 4) is 5.75 Å². The molecule has 1 N–H and O–H groups in total. The minimum atomic E-state index is -3.56. The van der Waals surface area contributed by atoms with Crippen molar-refractivity contribution >= 4 is 15.9 Å². The summed E-state index contributed by atoms with van der Waals surface area (Å²) in [5, 5.41) is 3.02. The molecule has 0 bridgehead atoms. The first-order valence-electron chi connectivity index (χ1n) is 11.9. The maximum atomic E-state index is 13.1. The molecule has 1 fully saturated rings. The first-order chi connectivity index (χ1) is 16.8. The third-order valence-electron chi connectivity index (χ3n) is 6.60. The zero-order valence-corrected chi connectivity index (χ0v) is 21.1. The Bertz CT molecular complexity index is 1270. The van der Waals surface area contributed by atoms with Crippen LogP contribution in [-0.4, -0.2) is 31.7 Å². The average molecular weight is 493 g/mol. The number of para-hydroxylation sites is 1. The number of nitrogens with zero attached hydrogens (tertiary/aromatic N) is 1. The van der Waals surface area contributed by atoms with Gasteiger partial charge in [-0.3, -0.25) is 4.79 Å². The lowest BCUT2D eigenvalue weighted by molar-refractivity contribution is -0.126. The summed E-state index contributed by atoms with van der Waals surface area (Å²) in [4.78, 5) is 13.2. The molecule has 1 heterocycles. The van der Waals surface area contributed by atoms with E-state index < -0.39 is 10.0 Å². The third kappa shape index (κ3) is 6.10. The summed E-state index contributed by atoms with van der Waals surface area (Å²) in [7, 11) is -3.56. The molecule has 0 radical (unpaired) electrons. The molecule has 35 heavy (non-hydrogen) atoms. The minimum Gasteiger partial charge on any atom is -0.489 e. The van der Waals surface area contributed by atoms with E-state index in [2.05, 4.69) is 5.32 Å². The van der Waals surface area contributed by atoms with Crippen molar-refractivity contribution in [2.45, 2.75) is 44.7 Å². The Labute approximate surface area is 208 Å². The summed E-state index contributed by atoms with van der Waals surface area (Å²) in [5.41, 5.74) is 4.00. The van der Waals surface area contributed by atoms with Crippen LogP contribution in [0.15, 0.2) is 77.7 Å². The summed E-state index contributed by atoms with van der Waals surface area (Å²) < 4.78 is 33.6. The van der Waals surface area contributed by atoms with Gasteiger partial charge in [-0.25, -0.2) is 8.42 Å². The molecule has 1 aliphatic rings. The number of piperidine rings is 1. The lowest BCUT2D eigenvalue weighted by atomic mass is 9.97. The summed E-state index contributed by atoms with van der Waals surface area (Å²) in [6.07, 6.45) is 1.00. The smallest absolute Gasteiger partial charge is 0.243 e. The fraction of sp³-hybridized carbons (Fsp3) is 0.321. The molecule has 3 aromatic rings. The van der Waals surface area contributed by atoms with E-state index >= 15 is 0 Å². The normalized spacial score (nSPS) is 15.0. The Morgan fingerprint density at radius 3 is 2.34 bits per heavy atom. The van der Waals surface area contributed by atoms with Gasteiger partial charge in [0.25, 0.3) is 0 Å². The second-order valence-corrected chi connectivity index (χ2v) is 11.0. The van der Waals surface area contributed by atoms with Gasteiger partial charge in [-0.2, -0.15) is 4.31 Å². The number of hydrogen-bond acceptors (Lipinski definition) is 4. The van der Waals surface area contributed by atoms with Crippen LogP contribution >= 0.6 is 0 Å². The van der Waals surface area contributed by atoms with Crippen molar-refractivity contribution in [1.82, 2.24) is 9.62 Å². The largest absolute Gasteiger partial charge is 0.489 e. The second kappa shape index (κ2) is 11.1. The lowest BCUT2D eigenvalue weighted by Gasteiger charge is -2.30. The number of benzene rings is 3. The van der Waals surface area contributed by atoms with Gasteiger partial charge in [0, 0.05) is 31.1 Å². The first kappa shape index (κ1) is 24.9. The molecule has 184 valence electrons. The summed E-state index contributed by atoms with van der Waals surface area (Å²) >= 11 is 0. The molecule has 3 aromatic carbocycles. The van der Waals surface area contributed by atoms with Gasteiger partial charge in [-0.15, -0.1) is 0 Å². The van der Waals surface area contributed by atoms with Crippen molar-refractivity contribution < 1.29 is 17.9 Å². The van der Waals surface area contributed by atoms with Crippen LogP contribution in [0.25, 0.3) is 0 Å². The highest BCUT2D eigenvalue weighted by atomic mass is 32.2. The van der Waals surface area contributed by atoms with Gasteiger partial charge >= 0.3 is 0 Å². The molecule has 0 atom stereocenters. The number of carbonyl (C=O) groups is 1. The van der Waals surface area contributed by atoms with Gasteiger partial charge in [0.1, 0.15) is 12.4 Å². The second-order valence-electron chi connectivity index (χ2n) is 9.02. The summed E-state index contributed by atoms with van der Waals surface area (Å²) in [6.45, 7) is 5.37. The maximum Gasteiger partial charge on any atom is 0.243 e. The Hall–Kier alpha value is -3.16. The molecule has 1 aliphatic heterocycles. The van der Waals surface area contributed by atoms with Crippen LogP contribution in [-0.2, 0) is 28.0 Å². The van der Waals surface area contributed by atoms with E-state index in [9.17, 15) is 13.2 Å². The summed E-state index contributed by atoms with van der Waals surface area (Å²) in [6, 6.07) is 22.8. The number of aryl methyl sites for hydroxylation is 2. The van der Waals surface area contributed by atoms with Gasteiger partial charge in [-0.05, 0) is 61.6 Å². The monoisotopic (exact) mass is 492 g/mol. The van der Waals surface area contributed by atoms with Crippen LogP contribution < -0.4 is 10.1 Å². The van der Waals surface area contributed by atoms with Gasteiger partial charge in [0.2, 0.25) is 15.9 Å². The molecule has 0 aromatic heterocycles. The van der Waals surface area contributed by atoms with Crippen LogP contribution in [0.4, 0.5) is 0 Å². The standard InChI is InChI=1S/C28H32N2O4S/c1-21-12-13-26(18-22(21)2)35(32,33)30-16-14-24(15-17-30)28(31)29-19-25-10-6-7-11-27(25)34-20-23-8-4-3-5-9-23/h3-13,18,24H,14-17,19-20H2,1-2H3,(H,29,31). The van der Waals surface area contributed by atoms with Crippen molar-refractivity contribution in [1.29, 1.82) is 0 Å². The number of amides is 1. The predicted molar refractivity (Wildman–Crippen MR) is 136 cm³/mol. The zero-order chi connectivity index (χ0) is 24.8. The molecule has 7 heteroatoms. The van der Waals surface area contributed by atoms with E-state index in [1.807, 2.05) is 74.5 Å². The number of hydrogen-bond donors (Lipinski definition) is 1. The van der Waals surface area contributed by atoms with Crippen molar-refractivity contribution in [2.24, 2.45) is 5.92 Å². The zero-order valence-electron chi connectivity index (χ0n) is 20.2. The fourth-order valence-corrected chi connectivity index (χ4v) is 5.79. The summed E-state index contributed by atoms with van der Waals surface area (Å²) in [5.74, 6) is 0.482. The Balaban J connectivity index is 1.31. The predicted octanol–water partition coefficient (Wildman–Crippen LogP) is 4.60. The molecule has 1 amide bonds. The number of ether oxygens (including phenoxy) is 1. The van der Waals surface area contributed by atoms with Crippen LogP contribution in [0.2, 0.25) is 0 Å². The molecule has 0 aliphatic carbocycles. The van der Waals surface area contributed by atoms with E-state index in [0.717, 1.165) is 28.0 Å². The van der Waals surface area contributed by atoms with Crippen LogP contribution in [0.5, 0.6) is 5.75 Å². The highest BCUT2D eigenvalue weighted by Crippen LogP contribution is 2.26. The van der Waals surface area contributed by atoms with Gasteiger partial charge < -0.3 is 10.1 Å². The average Bonchev–Trinajstić information content (AvgIpc) is 2.88. The molecule has 1 saturated heterocycles. The van der Waals surface area contributed by atoms with Crippen molar-refractivity contribution in [3.05, 3.63) is 95.1 Å². The van der Waals surface area contributed by atoms with Gasteiger partial charge in [0.05, 0.1) is 4.90 Å². The Morgan fingerprint density at radius 2 is 1.63 bits per heavy atom. The molecule has 0 unspecified atom stereocenters. The number of sulfonamides is 1. The Kier molecular flexibility index (Phi) is 7.88. The number of nitrogens with one attached hydrogen (secondary N) is 1. The fourth-order valence-electron chi connectivity index (χ4n) is 4.23. The highest BCUT2D eigenvalue weighted by Gasteiger charge is 2.32. The van der Waals surface area contributed by atoms with Crippen molar-refractivity contribution in [2.75, 3.05) is 13.1 Å². The van der Waals surface area contributed by atoms with Crippen LogP contribution in [0, 0.1) is 19.8 Å². The van der Waals surface area contributed by atoms with Gasteiger partial charge in [0.15, 0.2) is 0 Å². The molecule has 0 saturated carbocycles. The number of rotatable bonds is 8. The van der Waals surface area contributed by atoms with E-state index in [1.165, 1.54) is 4.31 Å².